The molecule has 0 bridgehead atoms. The molecule has 0 saturated carbocycles. The number of hydrogen-bond acceptors (Lipinski definition) is 4. The molecule has 1 fully saturated rings. The summed E-state index contributed by atoms with van der Waals surface area (Å²) in [7, 11) is 0. The second-order valence-corrected chi connectivity index (χ2v) is 8.29. The van der Waals surface area contributed by atoms with Crippen molar-refractivity contribution in [2.45, 2.75) is 26.2 Å². The summed E-state index contributed by atoms with van der Waals surface area (Å²) >= 11 is 0. The van der Waals surface area contributed by atoms with Gasteiger partial charge in [0.25, 0.3) is 0 Å². The summed E-state index contributed by atoms with van der Waals surface area (Å²) in [5.41, 5.74) is 6.37. The van der Waals surface area contributed by atoms with E-state index in [1.54, 1.807) is 0 Å². The number of furan rings is 1. The van der Waals surface area contributed by atoms with Crippen LogP contribution >= 0.6 is 0 Å². The Balaban J connectivity index is 1.41. The van der Waals surface area contributed by atoms with Crippen molar-refractivity contribution >= 4 is 16.7 Å². The van der Waals surface area contributed by atoms with Crippen molar-refractivity contribution in [3.63, 3.8) is 0 Å². The zero-order chi connectivity index (χ0) is 19.7. The van der Waals surface area contributed by atoms with Crippen molar-refractivity contribution in [3.05, 3.63) is 59.4 Å². The summed E-state index contributed by atoms with van der Waals surface area (Å²) in [6.45, 7) is 8.25. The lowest BCUT2D eigenvalue weighted by molar-refractivity contribution is -0.215. The van der Waals surface area contributed by atoms with E-state index in [1.165, 1.54) is 27.8 Å². The number of quaternary nitrogens is 1. The van der Waals surface area contributed by atoms with E-state index in [0.29, 0.717) is 6.61 Å². The SMILES string of the molecule is Cc1cccc2occ(CCC[N+]3(c4cccc5c4CCOO5)CCNCC3)c12. The number of rotatable bonds is 5. The van der Waals surface area contributed by atoms with Crippen molar-refractivity contribution in [1.29, 1.82) is 0 Å². The van der Waals surface area contributed by atoms with Crippen molar-refractivity contribution < 1.29 is 14.2 Å². The summed E-state index contributed by atoms with van der Waals surface area (Å²) in [5, 5.41) is 4.83. The van der Waals surface area contributed by atoms with Crippen LogP contribution in [0.5, 0.6) is 5.75 Å². The molecule has 2 aliphatic heterocycles. The van der Waals surface area contributed by atoms with Gasteiger partial charge in [0.15, 0.2) is 5.75 Å². The Morgan fingerprint density at radius 3 is 2.83 bits per heavy atom. The Labute approximate surface area is 171 Å². The van der Waals surface area contributed by atoms with Gasteiger partial charge in [-0.2, -0.15) is 4.89 Å². The zero-order valence-corrected chi connectivity index (χ0v) is 17.1. The lowest BCUT2D eigenvalue weighted by Gasteiger charge is -2.43. The quantitative estimate of drug-likeness (QED) is 0.522. The molecule has 1 N–H and O–H groups in total. The number of benzene rings is 2. The van der Waals surface area contributed by atoms with Gasteiger partial charge in [0.2, 0.25) is 0 Å². The van der Waals surface area contributed by atoms with Crippen LogP contribution in [-0.2, 0) is 17.7 Å². The van der Waals surface area contributed by atoms with Crippen LogP contribution in [0.3, 0.4) is 0 Å². The van der Waals surface area contributed by atoms with Gasteiger partial charge >= 0.3 is 0 Å². The number of nitrogens with zero attached hydrogens (tertiary/aromatic N) is 1. The van der Waals surface area contributed by atoms with Crippen molar-refractivity contribution in [2.24, 2.45) is 0 Å². The summed E-state index contributed by atoms with van der Waals surface area (Å²) in [5.74, 6) is 0.890. The van der Waals surface area contributed by atoms with Gasteiger partial charge in [-0.05, 0) is 42.7 Å². The first-order valence-corrected chi connectivity index (χ1v) is 10.7. The lowest BCUT2D eigenvalue weighted by Crippen LogP contribution is -2.60. The monoisotopic (exact) mass is 393 g/mol. The minimum Gasteiger partial charge on any atom is -0.464 e. The fraction of sp³-hybridized carbons (Fsp3) is 0.417. The van der Waals surface area contributed by atoms with Gasteiger partial charge in [-0.3, -0.25) is 4.48 Å². The molecule has 2 aromatic carbocycles. The average molecular weight is 394 g/mol. The number of fused-ring (bicyclic) bond motifs is 2. The van der Waals surface area contributed by atoms with Crippen LogP contribution in [-0.4, -0.2) is 39.3 Å². The highest BCUT2D eigenvalue weighted by molar-refractivity contribution is 5.84. The van der Waals surface area contributed by atoms with E-state index < -0.39 is 0 Å². The van der Waals surface area contributed by atoms with Crippen LogP contribution in [0.2, 0.25) is 0 Å². The maximum absolute atomic E-state index is 5.81. The first kappa shape index (κ1) is 18.7. The third-order valence-electron chi connectivity index (χ3n) is 6.55. The molecule has 3 aromatic rings. The minimum atomic E-state index is 0.628. The summed E-state index contributed by atoms with van der Waals surface area (Å²) in [4.78, 5) is 10.7. The predicted octanol–water partition coefficient (Wildman–Crippen LogP) is 4.15. The second-order valence-electron chi connectivity index (χ2n) is 8.29. The molecular weight excluding hydrogens is 364 g/mol. The Bertz CT molecular complexity index is 1000. The van der Waals surface area contributed by atoms with Gasteiger partial charge in [0.1, 0.15) is 11.3 Å². The molecule has 5 heteroatoms. The van der Waals surface area contributed by atoms with Crippen LogP contribution < -0.4 is 14.7 Å². The average Bonchev–Trinajstić information content (AvgIpc) is 3.18. The van der Waals surface area contributed by atoms with Crippen LogP contribution in [0.15, 0.2) is 47.1 Å². The standard InChI is InChI=1S/C24H29N2O3/c1-18-5-2-9-23-24(18)19(17-27-23)6-4-13-26(14-11-25-12-15-26)21-7-3-8-22-20(21)10-16-28-29-22/h2-3,5,7-9,17,25H,4,6,10-16H2,1H3/q+1. The van der Waals surface area contributed by atoms with E-state index in [0.717, 1.165) is 67.8 Å². The molecule has 5 nitrogen and oxygen atoms in total. The van der Waals surface area contributed by atoms with E-state index in [-0.39, 0.29) is 0 Å². The van der Waals surface area contributed by atoms with Gasteiger partial charge in [-0.25, -0.2) is 0 Å². The van der Waals surface area contributed by atoms with Gasteiger partial charge in [0, 0.05) is 31.3 Å². The van der Waals surface area contributed by atoms with E-state index in [9.17, 15) is 0 Å². The van der Waals surface area contributed by atoms with Gasteiger partial charge in [-0.1, -0.05) is 18.2 Å². The first-order valence-electron chi connectivity index (χ1n) is 10.7. The highest BCUT2D eigenvalue weighted by Gasteiger charge is 2.36. The molecule has 29 heavy (non-hydrogen) atoms. The molecule has 2 aliphatic rings. The molecule has 0 atom stereocenters. The van der Waals surface area contributed by atoms with E-state index in [4.69, 9.17) is 14.2 Å². The third kappa shape index (κ3) is 3.44. The predicted molar refractivity (Wildman–Crippen MR) is 115 cm³/mol. The number of hydrogen-bond donors (Lipinski definition) is 1. The maximum atomic E-state index is 5.81. The van der Waals surface area contributed by atoms with E-state index in [1.807, 2.05) is 12.3 Å². The molecule has 0 radical (unpaired) electrons. The molecule has 0 amide bonds. The van der Waals surface area contributed by atoms with Gasteiger partial charge in [0.05, 0.1) is 38.1 Å². The number of aryl methyl sites for hydroxylation is 2. The van der Waals surface area contributed by atoms with Crippen LogP contribution in [0.4, 0.5) is 5.69 Å². The Morgan fingerprint density at radius 1 is 1.07 bits per heavy atom. The van der Waals surface area contributed by atoms with Crippen molar-refractivity contribution in [1.82, 2.24) is 9.80 Å². The van der Waals surface area contributed by atoms with Crippen molar-refractivity contribution in [2.75, 3.05) is 39.3 Å². The third-order valence-corrected chi connectivity index (χ3v) is 6.55. The number of nitrogens with one attached hydrogen (secondary N) is 1. The van der Waals surface area contributed by atoms with Crippen LogP contribution in [0, 0.1) is 6.92 Å². The molecular formula is C24H29N2O3+. The first-order chi connectivity index (χ1) is 14.3. The zero-order valence-electron chi connectivity index (χ0n) is 17.1. The van der Waals surface area contributed by atoms with E-state index in [2.05, 4.69) is 42.6 Å². The molecule has 0 unspecified atom stereocenters. The molecule has 0 aliphatic carbocycles. The van der Waals surface area contributed by atoms with E-state index >= 15 is 0 Å². The summed E-state index contributed by atoms with van der Waals surface area (Å²) in [6.07, 6.45) is 5.05. The molecule has 5 rings (SSSR count). The van der Waals surface area contributed by atoms with Crippen LogP contribution in [0.25, 0.3) is 11.0 Å². The van der Waals surface area contributed by atoms with Gasteiger partial charge in [-0.15, -0.1) is 0 Å². The van der Waals surface area contributed by atoms with Crippen LogP contribution in [0.1, 0.15) is 23.1 Å². The molecule has 1 saturated heterocycles. The Hall–Kier alpha value is -2.34. The Morgan fingerprint density at radius 2 is 1.93 bits per heavy atom. The molecule has 3 heterocycles. The maximum Gasteiger partial charge on any atom is 0.174 e. The second kappa shape index (κ2) is 7.82. The number of piperazine rings is 1. The summed E-state index contributed by atoms with van der Waals surface area (Å²) in [6, 6.07) is 12.7. The largest absolute Gasteiger partial charge is 0.464 e. The van der Waals surface area contributed by atoms with Crippen molar-refractivity contribution in [3.8, 4) is 5.75 Å². The molecule has 1 aromatic heterocycles. The fourth-order valence-electron chi connectivity index (χ4n) is 5.08. The topological polar surface area (TPSA) is 43.6 Å². The highest BCUT2D eigenvalue weighted by atomic mass is 17.2. The lowest BCUT2D eigenvalue weighted by atomic mass is 10.0. The smallest absolute Gasteiger partial charge is 0.174 e. The fourth-order valence-corrected chi connectivity index (χ4v) is 5.08. The Kier molecular flexibility index (Phi) is 5.04. The molecule has 0 spiro atoms. The van der Waals surface area contributed by atoms with Gasteiger partial charge < -0.3 is 14.6 Å². The highest BCUT2D eigenvalue weighted by Crippen LogP contribution is 2.37. The molecule has 152 valence electrons. The summed E-state index contributed by atoms with van der Waals surface area (Å²) < 4.78 is 6.83. The minimum absolute atomic E-state index is 0.628. The normalized spacial score (nSPS) is 18.4.